The lowest BCUT2D eigenvalue weighted by Gasteiger charge is -2.27. The lowest BCUT2D eigenvalue weighted by Crippen LogP contribution is -2.33. The maximum atomic E-state index is 11.7. The van der Waals surface area contributed by atoms with E-state index in [1.165, 1.54) is 11.9 Å². The minimum Gasteiger partial charge on any atom is -0.465 e. The van der Waals surface area contributed by atoms with Crippen molar-refractivity contribution in [2.24, 2.45) is 4.99 Å². The standard InChI is InChI=1S/C15H19BrN2O2S/c1-5-8-9-12(6-2)15-17-11(4)14(16)21-18(15)10-13(19)20-7-3/h5-6,8-9H,2,7,10H2,1,3-4H3/b8-5-,12-9+. The Kier molecular flexibility index (Phi) is 7.53. The Hall–Kier alpha value is -1.27. The molecule has 1 rings (SSSR count). The lowest BCUT2D eigenvalue weighted by molar-refractivity contribution is -0.142. The molecule has 0 saturated carbocycles. The van der Waals surface area contributed by atoms with Crippen molar-refractivity contribution >= 4 is 39.7 Å². The van der Waals surface area contributed by atoms with Crippen LogP contribution in [0.3, 0.4) is 0 Å². The summed E-state index contributed by atoms with van der Waals surface area (Å²) in [6, 6.07) is 0. The van der Waals surface area contributed by atoms with E-state index in [0.29, 0.717) is 12.4 Å². The number of halogens is 1. The molecule has 0 fully saturated rings. The molecule has 0 unspecified atom stereocenters. The minimum absolute atomic E-state index is 0.126. The SMILES string of the molecule is C=C/C(=C\C=C/C)C1=NC(C)=C(Br)SN1CC(=O)OCC. The van der Waals surface area contributed by atoms with Gasteiger partial charge >= 0.3 is 5.97 Å². The molecule has 0 atom stereocenters. The Labute approximate surface area is 138 Å². The molecule has 0 aromatic carbocycles. The number of allylic oxidation sites excluding steroid dienone is 4. The number of esters is 1. The van der Waals surface area contributed by atoms with Crippen LogP contribution >= 0.6 is 27.9 Å². The normalized spacial score (nSPS) is 16.3. The van der Waals surface area contributed by atoms with Crippen LogP contribution in [-0.2, 0) is 9.53 Å². The Morgan fingerprint density at radius 2 is 2.29 bits per heavy atom. The molecular formula is C15H19BrN2O2S. The first-order valence-corrected chi connectivity index (χ1v) is 8.12. The molecule has 1 aliphatic heterocycles. The van der Waals surface area contributed by atoms with Gasteiger partial charge in [-0.15, -0.1) is 0 Å². The number of carbonyl (C=O) groups excluding carboxylic acids is 1. The van der Waals surface area contributed by atoms with E-state index in [0.717, 1.165) is 15.1 Å². The van der Waals surface area contributed by atoms with Gasteiger partial charge in [-0.3, -0.25) is 9.10 Å². The zero-order valence-corrected chi connectivity index (χ0v) is 14.8. The van der Waals surface area contributed by atoms with Gasteiger partial charge in [-0.2, -0.15) is 0 Å². The van der Waals surface area contributed by atoms with Crippen molar-refractivity contribution in [1.82, 2.24) is 4.31 Å². The van der Waals surface area contributed by atoms with Gasteiger partial charge in [-0.1, -0.05) is 30.9 Å². The average molecular weight is 371 g/mol. The van der Waals surface area contributed by atoms with Crippen molar-refractivity contribution < 1.29 is 9.53 Å². The molecule has 1 aliphatic rings. The molecule has 0 radical (unpaired) electrons. The highest BCUT2D eigenvalue weighted by molar-refractivity contribution is 9.14. The van der Waals surface area contributed by atoms with Crippen LogP contribution in [0.1, 0.15) is 20.8 Å². The van der Waals surface area contributed by atoms with E-state index in [2.05, 4.69) is 27.5 Å². The molecule has 0 saturated heterocycles. The predicted octanol–water partition coefficient (Wildman–Crippen LogP) is 4.18. The number of rotatable bonds is 6. The monoisotopic (exact) mass is 370 g/mol. The van der Waals surface area contributed by atoms with Crippen LogP contribution < -0.4 is 0 Å². The summed E-state index contributed by atoms with van der Waals surface area (Å²) in [6.07, 6.45) is 7.48. The number of aliphatic imine (C=N–C) groups is 1. The van der Waals surface area contributed by atoms with Gasteiger partial charge in [0.15, 0.2) is 0 Å². The Balaban J connectivity index is 3.09. The smallest absolute Gasteiger partial charge is 0.326 e. The number of ether oxygens (including phenoxy) is 1. The molecule has 6 heteroatoms. The van der Waals surface area contributed by atoms with Gasteiger partial charge in [-0.05, 0) is 48.6 Å². The van der Waals surface area contributed by atoms with Crippen molar-refractivity contribution in [2.75, 3.05) is 13.2 Å². The third-order valence-electron chi connectivity index (χ3n) is 2.51. The summed E-state index contributed by atoms with van der Waals surface area (Å²) in [5, 5.41) is 0. The fourth-order valence-corrected chi connectivity index (χ4v) is 2.92. The molecule has 0 aliphatic carbocycles. The van der Waals surface area contributed by atoms with Crippen LogP contribution in [0.5, 0.6) is 0 Å². The summed E-state index contributed by atoms with van der Waals surface area (Å²) in [6.45, 7) is 9.95. The maximum Gasteiger partial charge on any atom is 0.326 e. The van der Waals surface area contributed by atoms with E-state index in [4.69, 9.17) is 4.74 Å². The molecule has 0 amide bonds. The summed E-state index contributed by atoms with van der Waals surface area (Å²) in [7, 11) is 0. The summed E-state index contributed by atoms with van der Waals surface area (Å²) >= 11 is 4.88. The zero-order chi connectivity index (χ0) is 15.8. The molecule has 21 heavy (non-hydrogen) atoms. The number of hydrogen-bond acceptors (Lipinski definition) is 5. The number of nitrogens with zero attached hydrogens (tertiary/aromatic N) is 2. The fourth-order valence-electron chi connectivity index (χ4n) is 1.54. The summed E-state index contributed by atoms with van der Waals surface area (Å²) in [5.74, 6) is 0.411. The first-order valence-electron chi connectivity index (χ1n) is 6.55. The highest BCUT2D eigenvalue weighted by Crippen LogP contribution is 2.35. The average Bonchev–Trinajstić information content (AvgIpc) is 2.44. The van der Waals surface area contributed by atoms with Crippen LogP contribution in [0, 0.1) is 0 Å². The number of carbonyl (C=O) groups is 1. The van der Waals surface area contributed by atoms with Crippen molar-refractivity contribution in [3.63, 3.8) is 0 Å². The molecule has 0 aromatic heterocycles. The van der Waals surface area contributed by atoms with Crippen molar-refractivity contribution in [3.8, 4) is 0 Å². The maximum absolute atomic E-state index is 11.7. The van der Waals surface area contributed by atoms with Crippen LogP contribution in [0.15, 0.2) is 51.0 Å². The van der Waals surface area contributed by atoms with Crippen LogP contribution in [0.2, 0.25) is 0 Å². The number of hydrogen-bond donors (Lipinski definition) is 0. The van der Waals surface area contributed by atoms with E-state index in [1.807, 2.05) is 32.1 Å². The van der Waals surface area contributed by atoms with E-state index in [9.17, 15) is 4.79 Å². The van der Waals surface area contributed by atoms with Crippen LogP contribution in [0.4, 0.5) is 0 Å². The molecule has 0 spiro atoms. The van der Waals surface area contributed by atoms with Crippen molar-refractivity contribution in [3.05, 3.63) is 46.0 Å². The molecule has 0 N–H and O–H groups in total. The van der Waals surface area contributed by atoms with Gasteiger partial charge < -0.3 is 4.74 Å². The lowest BCUT2D eigenvalue weighted by atomic mass is 10.2. The van der Waals surface area contributed by atoms with E-state index in [1.54, 1.807) is 17.3 Å². The molecule has 1 heterocycles. The second kappa shape index (κ2) is 8.89. The third-order valence-corrected chi connectivity index (χ3v) is 4.50. The van der Waals surface area contributed by atoms with Crippen molar-refractivity contribution in [1.29, 1.82) is 0 Å². The van der Waals surface area contributed by atoms with Gasteiger partial charge in [0.05, 0.1) is 16.1 Å². The summed E-state index contributed by atoms with van der Waals surface area (Å²) in [5.41, 5.74) is 1.72. The molecule has 0 aromatic rings. The van der Waals surface area contributed by atoms with Crippen molar-refractivity contribution in [2.45, 2.75) is 20.8 Å². The van der Waals surface area contributed by atoms with E-state index in [-0.39, 0.29) is 12.5 Å². The van der Waals surface area contributed by atoms with Gasteiger partial charge in [0, 0.05) is 5.57 Å². The van der Waals surface area contributed by atoms with Gasteiger partial charge in [0.1, 0.15) is 12.4 Å². The third kappa shape index (κ3) is 5.21. The zero-order valence-electron chi connectivity index (χ0n) is 12.4. The first-order chi connectivity index (χ1) is 10.0. The first kappa shape index (κ1) is 17.8. The van der Waals surface area contributed by atoms with Gasteiger partial charge in [-0.25, -0.2) is 4.99 Å². The van der Waals surface area contributed by atoms with E-state index < -0.39 is 0 Å². The van der Waals surface area contributed by atoms with Gasteiger partial charge in [0.2, 0.25) is 0 Å². The van der Waals surface area contributed by atoms with Gasteiger partial charge in [0.25, 0.3) is 0 Å². The Bertz CT molecular complexity index is 536. The fraction of sp³-hybridized carbons (Fsp3) is 0.333. The highest BCUT2D eigenvalue weighted by Gasteiger charge is 2.24. The number of amidine groups is 1. The Morgan fingerprint density at radius 3 is 2.86 bits per heavy atom. The second-order valence-corrected chi connectivity index (χ2v) is 6.43. The summed E-state index contributed by atoms with van der Waals surface area (Å²) in [4.78, 5) is 16.3. The minimum atomic E-state index is -0.285. The summed E-state index contributed by atoms with van der Waals surface area (Å²) < 4.78 is 7.69. The predicted molar refractivity (Wildman–Crippen MR) is 93.1 cm³/mol. The second-order valence-electron chi connectivity index (χ2n) is 4.08. The molecular weight excluding hydrogens is 352 g/mol. The largest absolute Gasteiger partial charge is 0.465 e. The molecule has 4 nitrogen and oxygen atoms in total. The van der Waals surface area contributed by atoms with E-state index >= 15 is 0 Å². The van der Waals surface area contributed by atoms with Crippen LogP contribution in [0.25, 0.3) is 0 Å². The molecule has 0 bridgehead atoms. The highest BCUT2D eigenvalue weighted by atomic mass is 79.9. The molecule has 114 valence electrons. The quantitative estimate of drug-likeness (QED) is 0.399. The Morgan fingerprint density at radius 1 is 1.57 bits per heavy atom. The topological polar surface area (TPSA) is 41.9 Å². The van der Waals surface area contributed by atoms with Crippen LogP contribution in [-0.4, -0.2) is 29.3 Å².